The number of ether oxygens (including phenoxy) is 1. The van der Waals surface area contributed by atoms with Gasteiger partial charge in [0.15, 0.2) is 10.3 Å². The number of methoxy groups -OCH3 is 1. The van der Waals surface area contributed by atoms with Crippen LogP contribution in [0.3, 0.4) is 0 Å². The molecule has 2 unspecified atom stereocenters. The molecule has 5 nitrogen and oxygen atoms in total. The Balaban J connectivity index is 2.23. The summed E-state index contributed by atoms with van der Waals surface area (Å²) in [5.41, 5.74) is 6.62. The number of hydrogen-bond donors (Lipinski definition) is 1. The van der Waals surface area contributed by atoms with Crippen molar-refractivity contribution in [2.75, 3.05) is 25.1 Å². The first-order valence-electron chi connectivity index (χ1n) is 5.84. The monoisotopic (exact) mass is 290 g/mol. The van der Waals surface area contributed by atoms with Gasteiger partial charge in [-0.1, -0.05) is 23.2 Å². The molecule has 0 spiro atoms. The number of nitrogens with two attached hydrogens (primary N) is 1. The second-order valence-corrected chi connectivity index (χ2v) is 5.05. The van der Waals surface area contributed by atoms with E-state index in [2.05, 4.69) is 15.1 Å². The highest BCUT2D eigenvalue weighted by molar-refractivity contribution is 6.33. The Labute approximate surface area is 116 Å². The van der Waals surface area contributed by atoms with Gasteiger partial charge in [0, 0.05) is 32.3 Å². The van der Waals surface area contributed by atoms with Gasteiger partial charge < -0.3 is 15.4 Å². The van der Waals surface area contributed by atoms with E-state index in [1.807, 2.05) is 0 Å². The van der Waals surface area contributed by atoms with Gasteiger partial charge in [-0.05, 0) is 12.8 Å². The number of anilines is 1. The summed E-state index contributed by atoms with van der Waals surface area (Å²) in [4.78, 5) is 2.14. The number of hydrogen-bond acceptors (Lipinski definition) is 5. The summed E-state index contributed by atoms with van der Waals surface area (Å²) in [5.74, 6) is 0. The van der Waals surface area contributed by atoms with Crippen LogP contribution in [0.2, 0.25) is 10.3 Å². The predicted molar refractivity (Wildman–Crippen MR) is 72.3 cm³/mol. The van der Waals surface area contributed by atoms with Crippen LogP contribution in [0.1, 0.15) is 12.8 Å². The van der Waals surface area contributed by atoms with Crippen molar-refractivity contribution in [2.24, 2.45) is 5.73 Å². The summed E-state index contributed by atoms with van der Waals surface area (Å²) in [7, 11) is 1.73. The SMILES string of the molecule is COC1CCN(c2cc(Cl)nnc2Cl)C(CN)C1. The first kappa shape index (κ1) is 13.8. The Morgan fingerprint density at radius 2 is 2.28 bits per heavy atom. The van der Waals surface area contributed by atoms with Crippen LogP contribution in [0.25, 0.3) is 0 Å². The molecular weight excluding hydrogens is 275 g/mol. The molecule has 0 bridgehead atoms. The zero-order chi connectivity index (χ0) is 13.1. The standard InChI is InChI=1S/C11H16Cl2N4O/c1-18-8-2-3-17(7(4-8)6-14)9-5-10(12)15-16-11(9)13/h5,7-8H,2-4,6,14H2,1H3. The van der Waals surface area contributed by atoms with Gasteiger partial charge >= 0.3 is 0 Å². The Morgan fingerprint density at radius 1 is 1.50 bits per heavy atom. The Morgan fingerprint density at radius 3 is 2.94 bits per heavy atom. The van der Waals surface area contributed by atoms with E-state index in [0.29, 0.717) is 16.9 Å². The lowest BCUT2D eigenvalue weighted by Crippen LogP contribution is -2.48. The molecule has 0 radical (unpaired) electrons. The average Bonchev–Trinajstić information content (AvgIpc) is 2.41. The van der Waals surface area contributed by atoms with Crippen molar-refractivity contribution in [1.82, 2.24) is 10.2 Å². The Kier molecular flexibility index (Phi) is 4.61. The molecule has 1 saturated heterocycles. The van der Waals surface area contributed by atoms with Gasteiger partial charge in [-0.2, -0.15) is 0 Å². The molecule has 2 rings (SSSR count). The molecule has 0 saturated carbocycles. The molecule has 0 amide bonds. The normalized spacial score (nSPS) is 24.3. The molecule has 1 fully saturated rings. The van der Waals surface area contributed by atoms with Gasteiger partial charge in [0.2, 0.25) is 0 Å². The zero-order valence-corrected chi connectivity index (χ0v) is 11.7. The number of piperidine rings is 1. The smallest absolute Gasteiger partial charge is 0.175 e. The van der Waals surface area contributed by atoms with Gasteiger partial charge in [-0.15, -0.1) is 10.2 Å². The summed E-state index contributed by atoms with van der Waals surface area (Å²) >= 11 is 11.9. The summed E-state index contributed by atoms with van der Waals surface area (Å²) in [6, 6.07) is 1.91. The van der Waals surface area contributed by atoms with Crippen LogP contribution in [0, 0.1) is 0 Å². The number of halogens is 2. The fourth-order valence-electron chi connectivity index (χ4n) is 2.31. The molecule has 18 heavy (non-hydrogen) atoms. The summed E-state index contributed by atoms with van der Waals surface area (Å²) < 4.78 is 5.39. The first-order chi connectivity index (χ1) is 8.65. The van der Waals surface area contributed by atoms with Crippen LogP contribution in [0.15, 0.2) is 6.07 Å². The quantitative estimate of drug-likeness (QED) is 0.918. The Bertz CT molecular complexity index is 418. The van der Waals surface area contributed by atoms with Gasteiger partial charge in [0.25, 0.3) is 0 Å². The van der Waals surface area contributed by atoms with Gasteiger partial charge in [0.1, 0.15) is 0 Å². The molecule has 1 aromatic rings. The van der Waals surface area contributed by atoms with Crippen molar-refractivity contribution in [3.63, 3.8) is 0 Å². The fraction of sp³-hybridized carbons (Fsp3) is 0.636. The molecule has 1 aliphatic rings. The van der Waals surface area contributed by atoms with Crippen molar-refractivity contribution in [3.8, 4) is 0 Å². The highest BCUT2D eigenvalue weighted by Crippen LogP contribution is 2.31. The van der Waals surface area contributed by atoms with E-state index in [-0.39, 0.29) is 12.1 Å². The molecular formula is C11H16Cl2N4O. The zero-order valence-electron chi connectivity index (χ0n) is 10.1. The van der Waals surface area contributed by atoms with E-state index < -0.39 is 0 Å². The molecule has 0 aromatic carbocycles. The second kappa shape index (κ2) is 6.02. The third kappa shape index (κ3) is 2.85. The maximum Gasteiger partial charge on any atom is 0.175 e. The van der Waals surface area contributed by atoms with Gasteiger partial charge in [-0.25, -0.2) is 0 Å². The summed E-state index contributed by atoms with van der Waals surface area (Å²) in [5, 5.41) is 8.24. The Hall–Kier alpha value is -0.620. The van der Waals surface area contributed by atoms with Crippen molar-refractivity contribution >= 4 is 28.9 Å². The molecule has 100 valence electrons. The fourth-order valence-corrected chi connectivity index (χ4v) is 2.66. The lowest BCUT2D eigenvalue weighted by molar-refractivity contribution is 0.0709. The van der Waals surface area contributed by atoms with E-state index in [0.717, 1.165) is 25.1 Å². The minimum absolute atomic E-state index is 0.182. The van der Waals surface area contributed by atoms with Crippen LogP contribution in [-0.2, 0) is 4.74 Å². The molecule has 1 aliphatic heterocycles. The third-order valence-electron chi connectivity index (χ3n) is 3.28. The predicted octanol–water partition coefficient (Wildman–Crippen LogP) is 1.73. The lowest BCUT2D eigenvalue weighted by atomic mass is 9.99. The van der Waals surface area contributed by atoms with Crippen molar-refractivity contribution in [1.29, 1.82) is 0 Å². The van der Waals surface area contributed by atoms with Crippen LogP contribution < -0.4 is 10.6 Å². The van der Waals surface area contributed by atoms with Crippen molar-refractivity contribution in [2.45, 2.75) is 25.0 Å². The minimum atomic E-state index is 0.182. The second-order valence-electron chi connectivity index (χ2n) is 4.31. The van der Waals surface area contributed by atoms with Crippen LogP contribution in [0.5, 0.6) is 0 Å². The highest BCUT2D eigenvalue weighted by Gasteiger charge is 2.29. The average molecular weight is 291 g/mol. The van der Waals surface area contributed by atoms with Crippen LogP contribution in [-0.4, -0.2) is 42.5 Å². The van der Waals surface area contributed by atoms with Crippen molar-refractivity contribution < 1.29 is 4.74 Å². The number of aromatic nitrogens is 2. The largest absolute Gasteiger partial charge is 0.381 e. The van der Waals surface area contributed by atoms with Gasteiger partial charge in [0.05, 0.1) is 11.8 Å². The van der Waals surface area contributed by atoms with Crippen molar-refractivity contribution in [3.05, 3.63) is 16.4 Å². The first-order valence-corrected chi connectivity index (χ1v) is 6.59. The van der Waals surface area contributed by atoms with Gasteiger partial charge in [-0.3, -0.25) is 0 Å². The summed E-state index contributed by atoms with van der Waals surface area (Å²) in [6.07, 6.45) is 2.06. The van der Waals surface area contributed by atoms with E-state index in [9.17, 15) is 0 Å². The number of rotatable bonds is 3. The van der Waals surface area contributed by atoms with E-state index >= 15 is 0 Å². The lowest BCUT2D eigenvalue weighted by Gasteiger charge is -2.40. The summed E-state index contributed by atoms with van der Waals surface area (Å²) in [6.45, 7) is 1.36. The van der Waals surface area contributed by atoms with Crippen LogP contribution in [0.4, 0.5) is 5.69 Å². The maximum absolute atomic E-state index is 6.08. The molecule has 2 N–H and O–H groups in total. The topological polar surface area (TPSA) is 64.3 Å². The van der Waals surface area contributed by atoms with Crippen LogP contribution >= 0.6 is 23.2 Å². The number of nitrogens with zero attached hydrogens (tertiary/aromatic N) is 3. The highest BCUT2D eigenvalue weighted by atomic mass is 35.5. The van der Waals surface area contributed by atoms with E-state index in [1.165, 1.54) is 0 Å². The minimum Gasteiger partial charge on any atom is -0.381 e. The molecule has 2 atom stereocenters. The molecule has 7 heteroatoms. The maximum atomic E-state index is 6.08. The molecule has 0 aliphatic carbocycles. The van der Waals surface area contributed by atoms with E-state index in [4.69, 9.17) is 33.7 Å². The molecule has 2 heterocycles. The molecule has 1 aromatic heterocycles. The van der Waals surface area contributed by atoms with E-state index in [1.54, 1.807) is 13.2 Å². The third-order valence-corrected chi connectivity index (χ3v) is 3.74.